The lowest BCUT2D eigenvalue weighted by atomic mass is 9.84. The Kier molecular flexibility index (Phi) is 6.39. The second kappa shape index (κ2) is 6.44. The predicted molar refractivity (Wildman–Crippen MR) is 53.4 cm³/mol. The molecule has 2 heteroatoms. The number of hydrogen-bond donors (Lipinski definition) is 1. The summed E-state index contributed by atoms with van der Waals surface area (Å²) in [6, 6.07) is 0. The lowest BCUT2D eigenvalue weighted by molar-refractivity contribution is 0.107. The van der Waals surface area contributed by atoms with Gasteiger partial charge in [-0.1, -0.05) is 13.8 Å². The summed E-state index contributed by atoms with van der Waals surface area (Å²) in [6.45, 7) is 9.39. The van der Waals surface area contributed by atoms with Crippen LogP contribution in [-0.4, -0.2) is 26.8 Å². The molecular weight excluding hydrogens is 150 g/mol. The van der Waals surface area contributed by atoms with Crippen LogP contribution in [0.25, 0.3) is 0 Å². The molecule has 1 N–H and O–H groups in total. The Morgan fingerprint density at radius 1 is 1.33 bits per heavy atom. The first-order chi connectivity index (χ1) is 5.68. The van der Waals surface area contributed by atoms with Gasteiger partial charge in [0.15, 0.2) is 0 Å². The van der Waals surface area contributed by atoms with E-state index >= 15 is 0 Å². The molecular formula is C10H23NO. The summed E-state index contributed by atoms with van der Waals surface area (Å²) in [5.41, 5.74) is 0.407. The monoisotopic (exact) mass is 173 g/mol. The minimum absolute atomic E-state index is 0.407. The lowest BCUT2D eigenvalue weighted by Gasteiger charge is -2.27. The van der Waals surface area contributed by atoms with Gasteiger partial charge in [0, 0.05) is 19.8 Å². The lowest BCUT2D eigenvalue weighted by Crippen LogP contribution is -2.30. The van der Waals surface area contributed by atoms with Gasteiger partial charge < -0.3 is 10.1 Å². The Morgan fingerprint density at radius 3 is 2.42 bits per heavy atom. The van der Waals surface area contributed by atoms with Crippen molar-refractivity contribution in [2.24, 2.45) is 5.41 Å². The van der Waals surface area contributed by atoms with Crippen molar-refractivity contribution < 1.29 is 4.74 Å². The van der Waals surface area contributed by atoms with E-state index in [9.17, 15) is 0 Å². The molecule has 0 saturated heterocycles. The minimum atomic E-state index is 0.407. The molecule has 0 spiro atoms. The van der Waals surface area contributed by atoms with Crippen molar-refractivity contribution in [2.75, 3.05) is 26.8 Å². The highest BCUT2D eigenvalue weighted by Gasteiger charge is 2.20. The van der Waals surface area contributed by atoms with E-state index in [1.54, 1.807) is 0 Å². The van der Waals surface area contributed by atoms with Gasteiger partial charge in [-0.3, -0.25) is 0 Å². The highest BCUT2D eigenvalue weighted by Crippen LogP contribution is 2.24. The highest BCUT2D eigenvalue weighted by atomic mass is 16.5. The predicted octanol–water partition coefficient (Wildman–Crippen LogP) is 2.05. The third-order valence-corrected chi connectivity index (χ3v) is 2.51. The van der Waals surface area contributed by atoms with Gasteiger partial charge in [0.25, 0.3) is 0 Å². The van der Waals surface area contributed by atoms with Gasteiger partial charge in [-0.25, -0.2) is 0 Å². The van der Waals surface area contributed by atoms with Gasteiger partial charge in [-0.15, -0.1) is 0 Å². The number of rotatable bonds is 7. The van der Waals surface area contributed by atoms with Crippen LogP contribution in [-0.2, 0) is 4.74 Å². The zero-order valence-corrected chi connectivity index (χ0v) is 8.94. The molecule has 0 rings (SSSR count). The average Bonchev–Trinajstić information content (AvgIpc) is 2.06. The van der Waals surface area contributed by atoms with E-state index in [1.165, 1.54) is 6.42 Å². The molecule has 74 valence electrons. The third kappa shape index (κ3) is 4.73. The molecule has 0 saturated carbocycles. The molecule has 0 bridgehead atoms. The fourth-order valence-corrected chi connectivity index (χ4v) is 1.28. The normalized spacial score (nSPS) is 16.0. The second-order valence-electron chi connectivity index (χ2n) is 3.64. The topological polar surface area (TPSA) is 21.3 Å². The summed E-state index contributed by atoms with van der Waals surface area (Å²) in [5, 5.41) is 3.23. The number of ether oxygens (including phenoxy) is 1. The minimum Gasteiger partial charge on any atom is -0.382 e. The maximum absolute atomic E-state index is 5.35. The maximum Gasteiger partial charge on any atom is 0.0471 e. The van der Waals surface area contributed by atoms with Gasteiger partial charge in [0.05, 0.1) is 0 Å². The van der Waals surface area contributed by atoms with Gasteiger partial charge >= 0.3 is 0 Å². The summed E-state index contributed by atoms with van der Waals surface area (Å²) < 4.78 is 5.35. The van der Waals surface area contributed by atoms with E-state index in [2.05, 4.69) is 19.2 Å². The van der Waals surface area contributed by atoms with E-state index in [4.69, 9.17) is 4.74 Å². The molecule has 0 aromatic carbocycles. The number of hydrogen-bond acceptors (Lipinski definition) is 2. The summed E-state index contributed by atoms with van der Waals surface area (Å²) >= 11 is 0. The van der Waals surface area contributed by atoms with E-state index in [1.807, 2.05) is 14.0 Å². The van der Waals surface area contributed by atoms with Crippen molar-refractivity contribution in [2.45, 2.75) is 33.6 Å². The van der Waals surface area contributed by atoms with Crippen molar-refractivity contribution in [3.8, 4) is 0 Å². The Hall–Kier alpha value is -0.0800. The molecule has 0 heterocycles. The smallest absolute Gasteiger partial charge is 0.0471 e. The van der Waals surface area contributed by atoms with E-state index in [0.29, 0.717) is 5.41 Å². The Labute approximate surface area is 76.7 Å². The molecule has 0 aliphatic heterocycles. The van der Waals surface area contributed by atoms with Crippen LogP contribution in [0.5, 0.6) is 0 Å². The third-order valence-electron chi connectivity index (χ3n) is 2.51. The molecule has 1 atom stereocenters. The SMILES string of the molecule is CCOCCC(C)(CC)CNC. The van der Waals surface area contributed by atoms with Crippen LogP contribution < -0.4 is 5.32 Å². The zero-order chi connectivity index (χ0) is 9.45. The average molecular weight is 173 g/mol. The first-order valence-corrected chi connectivity index (χ1v) is 4.91. The molecule has 0 aliphatic rings. The van der Waals surface area contributed by atoms with E-state index in [-0.39, 0.29) is 0 Å². The van der Waals surface area contributed by atoms with E-state index in [0.717, 1.165) is 26.2 Å². The van der Waals surface area contributed by atoms with Crippen LogP contribution in [0.4, 0.5) is 0 Å². The van der Waals surface area contributed by atoms with Crippen molar-refractivity contribution in [3.05, 3.63) is 0 Å². The molecule has 0 aliphatic carbocycles. The Balaban J connectivity index is 3.63. The molecule has 1 unspecified atom stereocenters. The van der Waals surface area contributed by atoms with Crippen LogP contribution in [0.1, 0.15) is 33.6 Å². The van der Waals surface area contributed by atoms with Gasteiger partial charge in [0.2, 0.25) is 0 Å². The molecule has 0 amide bonds. The van der Waals surface area contributed by atoms with Crippen LogP contribution in [0.15, 0.2) is 0 Å². The van der Waals surface area contributed by atoms with Crippen molar-refractivity contribution in [1.82, 2.24) is 5.32 Å². The zero-order valence-electron chi connectivity index (χ0n) is 8.94. The van der Waals surface area contributed by atoms with E-state index < -0.39 is 0 Å². The first kappa shape index (κ1) is 11.9. The molecule has 0 aromatic heterocycles. The van der Waals surface area contributed by atoms with Gasteiger partial charge in [-0.05, 0) is 32.2 Å². The van der Waals surface area contributed by atoms with Crippen LogP contribution in [0, 0.1) is 5.41 Å². The van der Waals surface area contributed by atoms with Crippen molar-refractivity contribution in [3.63, 3.8) is 0 Å². The van der Waals surface area contributed by atoms with Gasteiger partial charge in [0.1, 0.15) is 0 Å². The number of nitrogens with one attached hydrogen (secondary N) is 1. The fourth-order valence-electron chi connectivity index (χ4n) is 1.28. The molecule has 0 radical (unpaired) electrons. The summed E-state index contributed by atoms with van der Waals surface area (Å²) in [4.78, 5) is 0. The molecule has 0 aromatic rings. The molecule has 2 nitrogen and oxygen atoms in total. The first-order valence-electron chi connectivity index (χ1n) is 4.91. The largest absolute Gasteiger partial charge is 0.382 e. The van der Waals surface area contributed by atoms with Crippen LogP contribution in [0.2, 0.25) is 0 Å². The van der Waals surface area contributed by atoms with Crippen LogP contribution >= 0.6 is 0 Å². The standard InChI is InChI=1S/C10H23NO/c1-5-10(3,9-11-4)7-8-12-6-2/h11H,5-9H2,1-4H3. The fraction of sp³-hybridized carbons (Fsp3) is 1.00. The summed E-state index contributed by atoms with van der Waals surface area (Å²) in [5.74, 6) is 0. The Bertz CT molecular complexity index is 106. The van der Waals surface area contributed by atoms with Crippen molar-refractivity contribution in [1.29, 1.82) is 0 Å². The summed E-state index contributed by atoms with van der Waals surface area (Å²) in [6.07, 6.45) is 2.36. The second-order valence-corrected chi connectivity index (χ2v) is 3.64. The quantitative estimate of drug-likeness (QED) is 0.595. The molecule has 0 fully saturated rings. The Morgan fingerprint density at radius 2 is 2.00 bits per heavy atom. The molecule has 12 heavy (non-hydrogen) atoms. The summed E-state index contributed by atoms with van der Waals surface area (Å²) in [7, 11) is 2.01. The van der Waals surface area contributed by atoms with Crippen LogP contribution in [0.3, 0.4) is 0 Å². The van der Waals surface area contributed by atoms with Gasteiger partial charge in [-0.2, -0.15) is 0 Å². The highest BCUT2D eigenvalue weighted by molar-refractivity contribution is 4.74. The maximum atomic E-state index is 5.35. The van der Waals surface area contributed by atoms with Crippen molar-refractivity contribution >= 4 is 0 Å².